The molecule has 4 rings (SSSR count). The lowest BCUT2D eigenvalue weighted by atomic mass is 10.1. The van der Waals surface area contributed by atoms with E-state index in [1.807, 2.05) is 0 Å². The van der Waals surface area contributed by atoms with Crippen LogP contribution in [0.2, 0.25) is 0 Å². The second-order valence-corrected chi connectivity index (χ2v) is 7.00. The molecule has 0 radical (unpaired) electrons. The minimum Gasteiger partial charge on any atom is -0.482 e. The Kier molecular flexibility index (Phi) is 5.16. The third kappa shape index (κ3) is 4.06. The summed E-state index contributed by atoms with van der Waals surface area (Å²) in [6.07, 6.45) is 1.93. The van der Waals surface area contributed by atoms with Crippen molar-refractivity contribution in [2.75, 3.05) is 36.5 Å². The molecule has 1 N–H and O–H groups in total. The first kappa shape index (κ1) is 18.9. The van der Waals surface area contributed by atoms with E-state index in [-0.39, 0.29) is 25.0 Å². The van der Waals surface area contributed by atoms with Gasteiger partial charge in [0.1, 0.15) is 18.1 Å². The highest BCUT2D eigenvalue weighted by Crippen LogP contribution is 2.33. The van der Waals surface area contributed by atoms with Crippen LogP contribution in [-0.2, 0) is 9.59 Å². The van der Waals surface area contributed by atoms with Crippen molar-refractivity contribution in [1.29, 1.82) is 0 Å². The van der Waals surface area contributed by atoms with Crippen molar-refractivity contribution in [2.45, 2.75) is 12.8 Å². The van der Waals surface area contributed by atoms with Gasteiger partial charge >= 0.3 is 0 Å². The average molecular weight is 397 g/mol. The van der Waals surface area contributed by atoms with Gasteiger partial charge in [0.25, 0.3) is 11.8 Å². The van der Waals surface area contributed by atoms with Gasteiger partial charge in [-0.1, -0.05) is 0 Å². The lowest BCUT2D eigenvalue weighted by molar-refractivity contribution is -0.131. The largest absolute Gasteiger partial charge is 0.482 e. The Morgan fingerprint density at radius 3 is 2.52 bits per heavy atom. The molecule has 7 nitrogen and oxygen atoms in total. The van der Waals surface area contributed by atoms with Gasteiger partial charge in [-0.2, -0.15) is 0 Å². The molecule has 2 aliphatic heterocycles. The SMILES string of the molecule is O=C(Nc1ccc(F)cc1)c1ccc2c(c1)N(CC(=O)N1CCCC1)C(=O)CO2. The summed E-state index contributed by atoms with van der Waals surface area (Å²) in [6.45, 7) is 1.16. The van der Waals surface area contributed by atoms with Crippen LogP contribution in [0.1, 0.15) is 23.2 Å². The summed E-state index contributed by atoms with van der Waals surface area (Å²) in [6, 6.07) is 10.1. The van der Waals surface area contributed by atoms with Crippen LogP contribution in [0.5, 0.6) is 5.75 Å². The minimum atomic E-state index is -0.414. The predicted octanol–water partition coefficient (Wildman–Crippen LogP) is 2.43. The summed E-state index contributed by atoms with van der Waals surface area (Å²) in [7, 11) is 0. The Labute approximate surface area is 167 Å². The predicted molar refractivity (Wildman–Crippen MR) is 104 cm³/mol. The Morgan fingerprint density at radius 2 is 1.79 bits per heavy atom. The molecule has 0 atom stereocenters. The maximum Gasteiger partial charge on any atom is 0.265 e. The number of benzene rings is 2. The average Bonchev–Trinajstić information content (AvgIpc) is 3.26. The molecule has 1 saturated heterocycles. The number of rotatable bonds is 4. The molecule has 0 saturated carbocycles. The first-order valence-electron chi connectivity index (χ1n) is 9.43. The molecule has 3 amide bonds. The fourth-order valence-corrected chi connectivity index (χ4v) is 3.45. The fraction of sp³-hybridized carbons (Fsp3) is 0.286. The summed E-state index contributed by atoms with van der Waals surface area (Å²) >= 11 is 0. The van der Waals surface area contributed by atoms with Crippen LogP contribution in [0.15, 0.2) is 42.5 Å². The van der Waals surface area contributed by atoms with Crippen molar-refractivity contribution >= 4 is 29.1 Å². The van der Waals surface area contributed by atoms with Crippen LogP contribution >= 0.6 is 0 Å². The summed E-state index contributed by atoms with van der Waals surface area (Å²) in [5.74, 6) is -0.822. The van der Waals surface area contributed by atoms with E-state index >= 15 is 0 Å². The van der Waals surface area contributed by atoms with E-state index in [0.717, 1.165) is 12.8 Å². The summed E-state index contributed by atoms with van der Waals surface area (Å²) in [5, 5.41) is 2.68. The molecule has 1 fully saturated rings. The van der Waals surface area contributed by atoms with Crippen LogP contribution < -0.4 is 15.0 Å². The van der Waals surface area contributed by atoms with Crippen LogP contribution in [0.4, 0.5) is 15.8 Å². The second-order valence-electron chi connectivity index (χ2n) is 7.00. The number of nitrogens with one attached hydrogen (secondary N) is 1. The number of anilines is 2. The van der Waals surface area contributed by atoms with Crippen LogP contribution in [0.25, 0.3) is 0 Å². The Hall–Kier alpha value is -3.42. The fourth-order valence-electron chi connectivity index (χ4n) is 3.45. The van der Waals surface area contributed by atoms with E-state index in [4.69, 9.17) is 4.74 Å². The van der Waals surface area contributed by atoms with E-state index in [9.17, 15) is 18.8 Å². The van der Waals surface area contributed by atoms with Gasteiger partial charge in [-0.05, 0) is 55.3 Å². The zero-order valence-electron chi connectivity index (χ0n) is 15.7. The number of hydrogen-bond acceptors (Lipinski definition) is 4. The van der Waals surface area contributed by atoms with Gasteiger partial charge in [-0.25, -0.2) is 4.39 Å². The molecule has 0 spiro atoms. The monoisotopic (exact) mass is 397 g/mol. The number of fused-ring (bicyclic) bond motifs is 1. The highest BCUT2D eigenvalue weighted by molar-refractivity contribution is 6.07. The molecule has 2 aromatic rings. The summed E-state index contributed by atoms with van der Waals surface area (Å²) in [4.78, 5) is 40.6. The van der Waals surface area contributed by atoms with E-state index in [1.165, 1.54) is 35.2 Å². The quantitative estimate of drug-likeness (QED) is 0.860. The minimum absolute atomic E-state index is 0.0851. The smallest absolute Gasteiger partial charge is 0.265 e. The first-order valence-corrected chi connectivity index (χ1v) is 9.43. The number of likely N-dealkylation sites (tertiary alicyclic amines) is 1. The molecule has 2 aromatic carbocycles. The second kappa shape index (κ2) is 7.90. The molecule has 0 bridgehead atoms. The van der Waals surface area contributed by atoms with Gasteiger partial charge in [-0.15, -0.1) is 0 Å². The standard InChI is InChI=1S/C21H20FN3O4/c22-15-4-6-16(7-5-15)23-21(28)14-3-8-18-17(11-14)25(20(27)13-29-18)12-19(26)24-9-1-2-10-24/h3-8,11H,1-2,9-10,12-13H2,(H,23,28). The van der Waals surface area contributed by atoms with E-state index in [2.05, 4.69) is 5.32 Å². The van der Waals surface area contributed by atoms with Gasteiger partial charge in [0, 0.05) is 24.3 Å². The molecule has 8 heteroatoms. The molecule has 150 valence electrons. The maximum absolute atomic E-state index is 13.0. The normalized spacial score (nSPS) is 15.7. The molecule has 2 heterocycles. The number of hydrogen-bond donors (Lipinski definition) is 1. The van der Waals surface area contributed by atoms with Crippen LogP contribution in [0.3, 0.4) is 0 Å². The number of halogens is 1. The van der Waals surface area contributed by atoms with Gasteiger partial charge < -0.3 is 15.0 Å². The lowest BCUT2D eigenvalue weighted by Gasteiger charge is -2.30. The van der Waals surface area contributed by atoms with E-state index in [0.29, 0.717) is 35.8 Å². The highest BCUT2D eigenvalue weighted by atomic mass is 19.1. The molecular formula is C21H20FN3O4. The van der Waals surface area contributed by atoms with Gasteiger partial charge in [0.15, 0.2) is 6.61 Å². The highest BCUT2D eigenvalue weighted by Gasteiger charge is 2.30. The van der Waals surface area contributed by atoms with E-state index in [1.54, 1.807) is 17.0 Å². The first-order chi connectivity index (χ1) is 14.0. The maximum atomic E-state index is 13.0. The zero-order chi connectivity index (χ0) is 20.4. The number of amides is 3. The number of nitrogens with zero attached hydrogens (tertiary/aromatic N) is 2. The molecule has 2 aliphatic rings. The van der Waals surface area contributed by atoms with Gasteiger partial charge in [0.05, 0.1) is 5.69 Å². The third-order valence-electron chi connectivity index (χ3n) is 5.02. The van der Waals surface area contributed by atoms with Gasteiger partial charge in [0.2, 0.25) is 5.91 Å². The number of ether oxygens (including phenoxy) is 1. The molecule has 29 heavy (non-hydrogen) atoms. The van der Waals surface area contributed by atoms with Crippen molar-refractivity contribution in [1.82, 2.24) is 4.90 Å². The third-order valence-corrected chi connectivity index (χ3v) is 5.02. The van der Waals surface area contributed by atoms with Crippen molar-refractivity contribution in [3.05, 3.63) is 53.8 Å². The molecular weight excluding hydrogens is 377 g/mol. The molecule has 0 aromatic heterocycles. The summed E-state index contributed by atoms with van der Waals surface area (Å²) < 4.78 is 18.5. The van der Waals surface area contributed by atoms with Crippen LogP contribution in [-0.4, -0.2) is 48.9 Å². The Morgan fingerprint density at radius 1 is 1.07 bits per heavy atom. The Bertz CT molecular complexity index is 955. The van der Waals surface area contributed by atoms with Crippen molar-refractivity contribution < 1.29 is 23.5 Å². The molecule has 0 aliphatic carbocycles. The molecule has 0 unspecified atom stereocenters. The lowest BCUT2D eigenvalue weighted by Crippen LogP contribution is -2.46. The Balaban J connectivity index is 1.55. The topological polar surface area (TPSA) is 79.0 Å². The van der Waals surface area contributed by atoms with Crippen molar-refractivity contribution in [3.63, 3.8) is 0 Å². The zero-order valence-corrected chi connectivity index (χ0v) is 15.7. The van der Waals surface area contributed by atoms with Crippen molar-refractivity contribution in [3.8, 4) is 5.75 Å². The van der Waals surface area contributed by atoms with Crippen LogP contribution in [0, 0.1) is 5.82 Å². The van der Waals surface area contributed by atoms with Gasteiger partial charge in [-0.3, -0.25) is 19.3 Å². The summed E-state index contributed by atoms with van der Waals surface area (Å²) in [5.41, 5.74) is 1.13. The van der Waals surface area contributed by atoms with E-state index < -0.39 is 11.7 Å². The van der Waals surface area contributed by atoms with Crippen molar-refractivity contribution in [2.24, 2.45) is 0 Å². The number of carbonyl (C=O) groups is 3. The number of carbonyl (C=O) groups excluding carboxylic acids is 3.